The molecular formula is C22H26N4. The summed E-state index contributed by atoms with van der Waals surface area (Å²) in [6.07, 6.45) is 2.52. The summed E-state index contributed by atoms with van der Waals surface area (Å²) in [6, 6.07) is 18.0. The molecular weight excluding hydrogens is 320 g/mol. The van der Waals surface area contributed by atoms with Gasteiger partial charge in [-0.2, -0.15) is 5.10 Å². The molecule has 4 heteroatoms. The minimum atomic E-state index is 0.582. The standard InChI is InChI=1S/C22H26N4/c1-25-22(20-14-26-9-8-17(20)11-19(26)13-23)12-21(24-25)18-7-6-15-4-2-3-5-16(15)10-18/h2-7,10,12,17,19-20H,8-9,11,13-14,23H2,1H3/t17-,19+,20-/m0/s1. The smallest absolute Gasteiger partial charge is 0.0926 e. The first-order chi connectivity index (χ1) is 12.7. The Morgan fingerprint density at radius 1 is 1.12 bits per heavy atom. The van der Waals surface area contributed by atoms with Crippen molar-refractivity contribution in [3.63, 3.8) is 0 Å². The van der Waals surface area contributed by atoms with Crippen molar-refractivity contribution in [3.05, 3.63) is 54.2 Å². The van der Waals surface area contributed by atoms with Crippen LogP contribution < -0.4 is 5.73 Å². The van der Waals surface area contributed by atoms with Gasteiger partial charge >= 0.3 is 0 Å². The first kappa shape index (κ1) is 16.0. The van der Waals surface area contributed by atoms with Crippen molar-refractivity contribution < 1.29 is 0 Å². The Morgan fingerprint density at radius 3 is 2.73 bits per heavy atom. The van der Waals surface area contributed by atoms with Crippen LogP contribution in [0.5, 0.6) is 0 Å². The van der Waals surface area contributed by atoms with Crippen LogP contribution in [0.2, 0.25) is 0 Å². The maximum absolute atomic E-state index is 5.97. The van der Waals surface area contributed by atoms with Crippen molar-refractivity contribution in [1.82, 2.24) is 14.7 Å². The van der Waals surface area contributed by atoms with Crippen molar-refractivity contribution in [2.75, 3.05) is 19.6 Å². The zero-order chi connectivity index (χ0) is 17.7. The molecule has 0 amide bonds. The summed E-state index contributed by atoms with van der Waals surface area (Å²) in [7, 11) is 2.10. The lowest BCUT2D eigenvalue weighted by Crippen LogP contribution is -2.55. The van der Waals surface area contributed by atoms with Crippen LogP contribution in [-0.4, -0.2) is 40.4 Å². The van der Waals surface area contributed by atoms with E-state index in [2.05, 4.69) is 65.2 Å². The first-order valence-electron chi connectivity index (χ1n) is 9.70. The number of nitrogens with two attached hydrogens (primary N) is 1. The molecule has 1 aromatic heterocycles. The number of fused-ring (bicyclic) bond motifs is 4. The van der Waals surface area contributed by atoms with Crippen LogP contribution in [0.4, 0.5) is 0 Å². The number of aromatic nitrogens is 2. The van der Waals surface area contributed by atoms with Crippen LogP contribution in [0.3, 0.4) is 0 Å². The Kier molecular flexibility index (Phi) is 3.84. The zero-order valence-corrected chi connectivity index (χ0v) is 15.3. The summed E-state index contributed by atoms with van der Waals surface area (Å²) >= 11 is 0. The van der Waals surface area contributed by atoms with Crippen LogP contribution in [0.15, 0.2) is 48.5 Å². The minimum Gasteiger partial charge on any atom is -0.329 e. The van der Waals surface area contributed by atoms with Crippen LogP contribution in [0.25, 0.3) is 22.0 Å². The maximum atomic E-state index is 5.97. The number of aryl methyl sites for hydroxylation is 1. The van der Waals surface area contributed by atoms with E-state index >= 15 is 0 Å². The number of rotatable bonds is 3. The van der Waals surface area contributed by atoms with Crippen molar-refractivity contribution in [2.24, 2.45) is 18.7 Å². The van der Waals surface area contributed by atoms with E-state index in [1.165, 1.54) is 41.4 Å². The molecule has 3 fully saturated rings. The predicted molar refractivity (Wildman–Crippen MR) is 106 cm³/mol. The Bertz CT molecular complexity index is 944. The Hall–Kier alpha value is -2.17. The highest BCUT2D eigenvalue weighted by Crippen LogP contribution is 2.42. The summed E-state index contributed by atoms with van der Waals surface area (Å²) in [5, 5.41) is 7.40. The van der Waals surface area contributed by atoms with Crippen LogP contribution in [0.1, 0.15) is 24.5 Å². The molecule has 134 valence electrons. The molecule has 4 heterocycles. The third-order valence-corrected chi connectivity index (χ3v) is 6.49. The fourth-order valence-corrected chi connectivity index (χ4v) is 5.04. The van der Waals surface area contributed by atoms with Gasteiger partial charge in [-0.1, -0.05) is 36.4 Å². The highest BCUT2D eigenvalue weighted by molar-refractivity contribution is 5.86. The topological polar surface area (TPSA) is 47.1 Å². The third-order valence-electron chi connectivity index (χ3n) is 6.49. The van der Waals surface area contributed by atoms with E-state index in [4.69, 9.17) is 10.8 Å². The molecule has 26 heavy (non-hydrogen) atoms. The summed E-state index contributed by atoms with van der Waals surface area (Å²) in [5.41, 5.74) is 9.63. The van der Waals surface area contributed by atoms with Crippen molar-refractivity contribution in [3.8, 4) is 11.3 Å². The average Bonchev–Trinajstić information content (AvgIpc) is 3.09. The van der Waals surface area contributed by atoms with Gasteiger partial charge in [-0.05, 0) is 48.2 Å². The first-order valence-corrected chi connectivity index (χ1v) is 9.70. The monoisotopic (exact) mass is 346 g/mol. The second-order valence-electron chi connectivity index (χ2n) is 7.92. The van der Waals surface area contributed by atoms with Crippen LogP contribution in [0, 0.1) is 5.92 Å². The van der Waals surface area contributed by atoms with E-state index in [1.54, 1.807) is 0 Å². The van der Waals surface area contributed by atoms with E-state index in [1.807, 2.05) is 0 Å². The van der Waals surface area contributed by atoms with Gasteiger partial charge in [0.1, 0.15) is 0 Å². The van der Waals surface area contributed by atoms with E-state index in [-0.39, 0.29) is 0 Å². The van der Waals surface area contributed by atoms with Crippen LogP contribution >= 0.6 is 0 Å². The highest BCUT2D eigenvalue weighted by atomic mass is 15.3. The van der Waals surface area contributed by atoms with Gasteiger partial charge in [0, 0.05) is 43.4 Å². The Morgan fingerprint density at radius 2 is 1.96 bits per heavy atom. The molecule has 3 aliphatic heterocycles. The molecule has 3 saturated heterocycles. The third kappa shape index (κ3) is 2.56. The molecule has 4 atom stereocenters. The molecule has 2 aromatic carbocycles. The van der Waals surface area contributed by atoms with E-state index in [0.717, 1.165) is 24.7 Å². The SMILES string of the molecule is Cn1nc(-c2ccc3ccccc3c2)cc1[C@H]1CN2CC[C@H]1C[C@@H]2CN. The van der Waals surface area contributed by atoms with Gasteiger partial charge in [-0.25, -0.2) is 0 Å². The second kappa shape index (κ2) is 6.22. The maximum Gasteiger partial charge on any atom is 0.0926 e. The molecule has 2 N–H and O–H groups in total. The Balaban J connectivity index is 1.48. The molecule has 0 radical (unpaired) electrons. The van der Waals surface area contributed by atoms with Crippen molar-refractivity contribution in [1.29, 1.82) is 0 Å². The number of nitrogens with zero attached hydrogens (tertiary/aromatic N) is 3. The van der Waals surface area contributed by atoms with Gasteiger partial charge < -0.3 is 5.73 Å². The summed E-state index contributed by atoms with van der Waals surface area (Å²) in [6.45, 7) is 3.12. The van der Waals surface area contributed by atoms with Gasteiger partial charge in [-0.15, -0.1) is 0 Å². The van der Waals surface area contributed by atoms with Gasteiger partial charge in [0.05, 0.1) is 5.69 Å². The lowest BCUT2D eigenvalue weighted by atomic mass is 9.74. The predicted octanol–water partition coefficient (Wildman–Crippen LogP) is 3.38. The summed E-state index contributed by atoms with van der Waals surface area (Å²) in [5.74, 6) is 1.33. The van der Waals surface area contributed by atoms with Crippen molar-refractivity contribution in [2.45, 2.75) is 24.8 Å². The van der Waals surface area contributed by atoms with E-state index < -0.39 is 0 Å². The summed E-state index contributed by atoms with van der Waals surface area (Å²) in [4.78, 5) is 2.59. The highest BCUT2D eigenvalue weighted by Gasteiger charge is 2.41. The van der Waals surface area contributed by atoms with Gasteiger partial charge in [-0.3, -0.25) is 9.58 Å². The van der Waals surface area contributed by atoms with Gasteiger partial charge in [0.25, 0.3) is 0 Å². The Labute approximate surface area is 154 Å². The quantitative estimate of drug-likeness (QED) is 0.791. The molecule has 4 nitrogen and oxygen atoms in total. The molecule has 0 saturated carbocycles. The molecule has 2 bridgehead atoms. The normalized spacial score (nSPS) is 27.9. The molecule has 6 rings (SSSR count). The molecule has 0 spiro atoms. The van der Waals surface area contributed by atoms with E-state index in [0.29, 0.717) is 12.0 Å². The van der Waals surface area contributed by atoms with Gasteiger partial charge in [0.2, 0.25) is 0 Å². The number of piperidine rings is 3. The lowest BCUT2D eigenvalue weighted by Gasteiger charge is -2.49. The molecule has 1 unspecified atom stereocenters. The average molecular weight is 346 g/mol. The summed E-state index contributed by atoms with van der Waals surface area (Å²) < 4.78 is 2.11. The van der Waals surface area contributed by atoms with Crippen LogP contribution in [-0.2, 0) is 7.05 Å². The number of hydrogen-bond donors (Lipinski definition) is 1. The largest absolute Gasteiger partial charge is 0.329 e. The number of benzene rings is 2. The molecule has 3 aliphatic rings. The van der Waals surface area contributed by atoms with Crippen molar-refractivity contribution >= 4 is 10.8 Å². The zero-order valence-electron chi connectivity index (χ0n) is 15.3. The van der Waals surface area contributed by atoms with E-state index in [9.17, 15) is 0 Å². The molecule has 3 aromatic rings. The van der Waals surface area contributed by atoms with Gasteiger partial charge in [0.15, 0.2) is 0 Å². The fraction of sp³-hybridized carbons (Fsp3) is 0.409. The fourth-order valence-electron chi connectivity index (χ4n) is 5.04. The lowest BCUT2D eigenvalue weighted by molar-refractivity contribution is 0.0322. The number of hydrogen-bond acceptors (Lipinski definition) is 3. The minimum absolute atomic E-state index is 0.582. The molecule has 0 aliphatic carbocycles. The second-order valence-corrected chi connectivity index (χ2v) is 7.92.